The van der Waals surface area contributed by atoms with Crippen molar-refractivity contribution >= 4 is 34.5 Å². The van der Waals surface area contributed by atoms with E-state index in [4.69, 9.17) is 20.8 Å². The van der Waals surface area contributed by atoms with Gasteiger partial charge in [-0.3, -0.25) is 9.36 Å². The second-order valence-electron chi connectivity index (χ2n) is 6.93. The summed E-state index contributed by atoms with van der Waals surface area (Å²) in [4.78, 5) is 42.4. The molecule has 1 atom stereocenters. The summed E-state index contributed by atoms with van der Waals surface area (Å²) < 4.78 is 12.1. The van der Waals surface area contributed by atoms with Gasteiger partial charge in [-0.1, -0.05) is 11.6 Å². The second-order valence-corrected chi connectivity index (χ2v) is 7.37. The molecule has 0 saturated heterocycles. The summed E-state index contributed by atoms with van der Waals surface area (Å²) >= 11 is 6.02. The highest BCUT2D eigenvalue weighted by molar-refractivity contribution is 6.31. The Hall–Kier alpha value is -3.59. The highest BCUT2D eigenvalue weighted by Crippen LogP contribution is 2.29. The van der Waals surface area contributed by atoms with Crippen LogP contribution in [-0.4, -0.2) is 28.2 Å². The third-order valence-corrected chi connectivity index (χ3v) is 5.04. The van der Waals surface area contributed by atoms with Crippen molar-refractivity contribution in [3.8, 4) is 0 Å². The summed E-state index contributed by atoms with van der Waals surface area (Å²) in [5, 5.41) is 6.03. The zero-order chi connectivity index (χ0) is 22.1. The van der Waals surface area contributed by atoms with Gasteiger partial charge in [0.05, 0.1) is 41.7 Å². The summed E-state index contributed by atoms with van der Waals surface area (Å²) in [6.45, 7) is 3.47. The van der Waals surface area contributed by atoms with Crippen LogP contribution in [0.25, 0.3) is 10.9 Å². The molecule has 4 rings (SSSR count). The molecule has 0 spiro atoms. The van der Waals surface area contributed by atoms with Gasteiger partial charge >= 0.3 is 12.0 Å². The summed E-state index contributed by atoms with van der Waals surface area (Å²) in [6.07, 6.45) is 1.36. The van der Waals surface area contributed by atoms with Gasteiger partial charge in [0.15, 0.2) is 0 Å². The molecule has 2 aromatic heterocycles. The van der Waals surface area contributed by atoms with Crippen LogP contribution in [0.2, 0.25) is 5.02 Å². The number of fused-ring (bicyclic) bond motifs is 1. The maximum Gasteiger partial charge on any atom is 0.338 e. The number of carbonyl (C=O) groups is 2. The Bertz CT molecular complexity index is 1280. The number of nitrogens with zero attached hydrogens (tertiary/aromatic N) is 2. The second kappa shape index (κ2) is 8.27. The summed E-state index contributed by atoms with van der Waals surface area (Å²) in [5.74, 6) is 0.372. The zero-order valence-corrected chi connectivity index (χ0v) is 17.5. The van der Waals surface area contributed by atoms with Crippen molar-refractivity contribution in [1.29, 1.82) is 0 Å². The number of furan rings is 1. The lowest BCUT2D eigenvalue weighted by Crippen LogP contribution is -2.47. The van der Waals surface area contributed by atoms with Gasteiger partial charge in [-0.2, -0.15) is 0 Å². The largest absolute Gasteiger partial charge is 0.464 e. The first-order valence-corrected chi connectivity index (χ1v) is 9.94. The molecular weight excluding hydrogens is 424 g/mol. The molecule has 31 heavy (non-hydrogen) atoms. The zero-order valence-electron chi connectivity index (χ0n) is 16.8. The Morgan fingerprint density at radius 3 is 2.81 bits per heavy atom. The monoisotopic (exact) mass is 442 g/mol. The summed E-state index contributed by atoms with van der Waals surface area (Å²) in [5.41, 5.74) is 0.491. The number of halogens is 1. The highest BCUT2D eigenvalue weighted by Gasteiger charge is 2.35. The van der Waals surface area contributed by atoms with Crippen molar-refractivity contribution in [1.82, 2.24) is 20.2 Å². The standard InChI is InChI=1S/C21H19ClN4O5/c1-3-30-20(28)17-15(24-21(29)25-18(17)16-7-4-11(2)31-16)9-26-10-23-14-6-5-12(22)8-13(14)19(26)27/h4-8,10,18H,3,9H2,1-2H3,(H2,24,25,29). The van der Waals surface area contributed by atoms with Crippen LogP contribution in [0, 0.1) is 6.92 Å². The Labute approximate surface area is 181 Å². The van der Waals surface area contributed by atoms with Crippen molar-refractivity contribution in [2.45, 2.75) is 26.4 Å². The Balaban J connectivity index is 1.83. The normalized spacial score (nSPS) is 16.2. The lowest BCUT2D eigenvalue weighted by molar-refractivity contribution is -0.139. The van der Waals surface area contributed by atoms with Gasteiger partial charge in [0.25, 0.3) is 5.56 Å². The van der Waals surface area contributed by atoms with Gasteiger partial charge in [0.2, 0.25) is 0 Å². The first kappa shape index (κ1) is 20.7. The molecule has 1 aliphatic rings. The number of amides is 2. The average Bonchev–Trinajstić information content (AvgIpc) is 3.16. The predicted octanol–water partition coefficient (Wildman–Crippen LogP) is 2.82. The van der Waals surface area contributed by atoms with E-state index in [1.165, 1.54) is 17.0 Å². The SMILES string of the molecule is CCOC(=O)C1=C(Cn2cnc3ccc(Cl)cc3c2=O)NC(=O)NC1c1ccc(C)o1. The molecule has 1 aromatic carbocycles. The molecule has 3 aromatic rings. The first-order valence-electron chi connectivity index (χ1n) is 9.56. The maximum absolute atomic E-state index is 13.0. The molecule has 160 valence electrons. The fourth-order valence-corrected chi connectivity index (χ4v) is 3.60. The van der Waals surface area contributed by atoms with Crippen molar-refractivity contribution in [2.24, 2.45) is 0 Å². The third kappa shape index (κ3) is 4.04. The number of allylic oxidation sites excluding steroid dienone is 1. The van der Waals surface area contributed by atoms with Gasteiger partial charge in [-0.25, -0.2) is 14.6 Å². The van der Waals surface area contributed by atoms with E-state index in [1.54, 1.807) is 38.1 Å². The van der Waals surface area contributed by atoms with E-state index in [9.17, 15) is 14.4 Å². The van der Waals surface area contributed by atoms with Crippen molar-refractivity contribution in [3.05, 3.63) is 74.8 Å². The van der Waals surface area contributed by atoms with Crippen LogP contribution in [0.5, 0.6) is 0 Å². The van der Waals surface area contributed by atoms with Crippen LogP contribution in [0.15, 0.2) is 57.1 Å². The molecule has 0 aliphatic carbocycles. The van der Waals surface area contributed by atoms with Gasteiger partial charge in [-0.05, 0) is 44.2 Å². The minimum absolute atomic E-state index is 0.105. The molecule has 2 amide bonds. The van der Waals surface area contributed by atoms with Crippen molar-refractivity contribution in [2.75, 3.05) is 6.61 Å². The van der Waals surface area contributed by atoms with Crippen LogP contribution in [0.1, 0.15) is 24.5 Å². The average molecular weight is 443 g/mol. The van der Waals surface area contributed by atoms with E-state index >= 15 is 0 Å². The number of nitrogens with one attached hydrogen (secondary N) is 2. The number of ether oxygens (including phenoxy) is 1. The quantitative estimate of drug-likeness (QED) is 0.587. The van der Waals surface area contributed by atoms with Crippen molar-refractivity contribution in [3.63, 3.8) is 0 Å². The maximum atomic E-state index is 13.0. The number of hydrogen-bond donors (Lipinski definition) is 2. The van der Waals surface area contributed by atoms with Crippen LogP contribution < -0.4 is 16.2 Å². The Kier molecular flexibility index (Phi) is 5.51. The number of carbonyl (C=O) groups excluding carboxylic acids is 2. The summed E-state index contributed by atoms with van der Waals surface area (Å²) in [6, 6.07) is 6.82. The fourth-order valence-electron chi connectivity index (χ4n) is 3.43. The molecule has 0 fully saturated rings. The fraction of sp³-hybridized carbons (Fsp3) is 0.238. The molecule has 9 nitrogen and oxygen atoms in total. The molecule has 1 aliphatic heterocycles. The van der Waals surface area contributed by atoms with Gasteiger partial charge in [0.1, 0.15) is 17.6 Å². The Morgan fingerprint density at radius 2 is 2.10 bits per heavy atom. The number of aromatic nitrogens is 2. The van der Waals surface area contributed by atoms with Crippen LogP contribution in [0.3, 0.4) is 0 Å². The molecule has 0 saturated carbocycles. The number of urea groups is 1. The highest BCUT2D eigenvalue weighted by atomic mass is 35.5. The van der Waals surface area contributed by atoms with E-state index in [1.807, 2.05) is 0 Å². The minimum atomic E-state index is -0.866. The number of rotatable bonds is 5. The van der Waals surface area contributed by atoms with Gasteiger partial charge in [0, 0.05) is 5.02 Å². The lowest BCUT2D eigenvalue weighted by atomic mass is 10.00. The smallest absolute Gasteiger partial charge is 0.338 e. The Morgan fingerprint density at radius 1 is 1.29 bits per heavy atom. The molecule has 0 bridgehead atoms. The van der Waals surface area contributed by atoms with Crippen LogP contribution in [0.4, 0.5) is 4.79 Å². The van der Waals surface area contributed by atoms with E-state index in [0.29, 0.717) is 27.4 Å². The molecular formula is C21H19ClN4O5. The number of benzene rings is 1. The van der Waals surface area contributed by atoms with E-state index in [0.717, 1.165) is 0 Å². The van der Waals surface area contributed by atoms with Gasteiger partial charge in [-0.15, -0.1) is 0 Å². The molecule has 3 heterocycles. The number of aryl methyl sites for hydroxylation is 1. The number of hydrogen-bond acceptors (Lipinski definition) is 6. The third-order valence-electron chi connectivity index (χ3n) is 4.81. The first-order chi connectivity index (χ1) is 14.9. The van der Waals surface area contributed by atoms with Crippen LogP contribution >= 0.6 is 11.6 Å². The molecule has 2 N–H and O–H groups in total. The van der Waals surface area contributed by atoms with Gasteiger partial charge < -0.3 is 19.8 Å². The summed E-state index contributed by atoms with van der Waals surface area (Å²) in [7, 11) is 0. The minimum Gasteiger partial charge on any atom is -0.464 e. The van der Waals surface area contributed by atoms with E-state index in [2.05, 4.69) is 15.6 Å². The topological polar surface area (TPSA) is 115 Å². The molecule has 0 radical (unpaired) electrons. The van der Waals surface area contributed by atoms with Crippen LogP contribution in [-0.2, 0) is 16.1 Å². The molecule has 1 unspecified atom stereocenters. The molecule has 10 heteroatoms. The number of esters is 1. The van der Waals surface area contributed by atoms with E-state index in [-0.39, 0.29) is 30.0 Å². The lowest BCUT2D eigenvalue weighted by Gasteiger charge is -2.28. The van der Waals surface area contributed by atoms with E-state index < -0.39 is 18.0 Å². The van der Waals surface area contributed by atoms with Crippen molar-refractivity contribution < 1.29 is 18.7 Å². The predicted molar refractivity (Wildman–Crippen MR) is 113 cm³/mol.